The lowest BCUT2D eigenvalue weighted by atomic mass is 10.0. The topological polar surface area (TPSA) is 146 Å². The number of aromatic nitrogens is 3. The van der Waals surface area contributed by atoms with Crippen LogP contribution in [0, 0.1) is 13.8 Å². The zero-order valence-electron chi connectivity index (χ0n) is 25.6. The third-order valence-corrected chi connectivity index (χ3v) is 7.86. The van der Waals surface area contributed by atoms with Gasteiger partial charge in [-0.15, -0.1) is 0 Å². The van der Waals surface area contributed by atoms with E-state index in [9.17, 15) is 32.3 Å². The lowest BCUT2D eigenvalue weighted by Gasteiger charge is -2.36. The summed E-state index contributed by atoms with van der Waals surface area (Å²) >= 11 is 6.23. The summed E-state index contributed by atoms with van der Waals surface area (Å²) in [7, 11) is 0. The SMILES string of the molecule is Cc1cc(Oc2ccc(C(=O)NC(C)C(=O)N3[C@@H](C(C)NC(=O)CCC(F)(F)F)CC[C@H]3c3cccc(Cl)c3)nc2C)c(=O)[nH]n1. The molecule has 4 rings (SSSR count). The Kier molecular flexibility index (Phi) is 10.7. The van der Waals surface area contributed by atoms with Gasteiger partial charge in [-0.05, 0) is 70.4 Å². The maximum Gasteiger partial charge on any atom is 0.389 e. The van der Waals surface area contributed by atoms with E-state index in [1.165, 1.54) is 25.1 Å². The van der Waals surface area contributed by atoms with Crippen molar-refractivity contribution in [2.24, 2.45) is 0 Å². The Morgan fingerprint density at radius 3 is 2.50 bits per heavy atom. The second-order valence-corrected chi connectivity index (χ2v) is 11.6. The first-order chi connectivity index (χ1) is 21.6. The number of alkyl halides is 3. The summed E-state index contributed by atoms with van der Waals surface area (Å²) in [6.45, 7) is 6.43. The van der Waals surface area contributed by atoms with Crippen LogP contribution < -0.4 is 20.9 Å². The Morgan fingerprint density at radius 1 is 1.09 bits per heavy atom. The molecule has 1 fully saturated rings. The third-order valence-electron chi connectivity index (χ3n) is 7.62. The molecule has 1 aromatic carbocycles. The highest BCUT2D eigenvalue weighted by Crippen LogP contribution is 2.39. The van der Waals surface area contributed by atoms with Crippen LogP contribution in [0.4, 0.5) is 13.2 Å². The van der Waals surface area contributed by atoms with E-state index < -0.39 is 66.5 Å². The first-order valence-electron chi connectivity index (χ1n) is 14.6. The van der Waals surface area contributed by atoms with Gasteiger partial charge in [-0.1, -0.05) is 23.7 Å². The molecule has 0 bridgehead atoms. The number of benzene rings is 1. The van der Waals surface area contributed by atoms with E-state index in [0.29, 0.717) is 29.3 Å². The minimum atomic E-state index is -4.47. The Morgan fingerprint density at radius 2 is 1.83 bits per heavy atom. The summed E-state index contributed by atoms with van der Waals surface area (Å²) in [6.07, 6.45) is -5.50. The Labute approximate surface area is 267 Å². The molecule has 11 nitrogen and oxygen atoms in total. The largest absolute Gasteiger partial charge is 0.450 e. The maximum absolute atomic E-state index is 14.0. The number of likely N-dealkylation sites (tertiary alicyclic amines) is 1. The van der Waals surface area contributed by atoms with Gasteiger partial charge in [-0.25, -0.2) is 10.1 Å². The molecule has 0 spiro atoms. The Bertz CT molecular complexity index is 1670. The van der Waals surface area contributed by atoms with E-state index in [1.807, 2.05) is 6.07 Å². The van der Waals surface area contributed by atoms with Gasteiger partial charge in [0, 0.05) is 23.6 Å². The van der Waals surface area contributed by atoms with Crippen molar-refractivity contribution >= 4 is 29.3 Å². The second-order valence-electron chi connectivity index (χ2n) is 11.2. The maximum atomic E-state index is 14.0. The molecule has 3 aromatic rings. The van der Waals surface area contributed by atoms with E-state index in [4.69, 9.17) is 16.3 Å². The highest BCUT2D eigenvalue weighted by molar-refractivity contribution is 6.30. The molecule has 46 heavy (non-hydrogen) atoms. The lowest BCUT2D eigenvalue weighted by molar-refractivity contribution is -0.144. The van der Waals surface area contributed by atoms with Crippen LogP contribution in [0.25, 0.3) is 0 Å². The van der Waals surface area contributed by atoms with Crippen LogP contribution in [0.5, 0.6) is 11.5 Å². The molecule has 1 aliphatic heterocycles. The molecular formula is C31H34ClF3N6O5. The monoisotopic (exact) mass is 662 g/mol. The highest BCUT2D eigenvalue weighted by atomic mass is 35.5. The van der Waals surface area contributed by atoms with Crippen LogP contribution in [-0.4, -0.2) is 62.1 Å². The minimum absolute atomic E-state index is 0.000947. The van der Waals surface area contributed by atoms with E-state index in [1.54, 1.807) is 43.9 Å². The van der Waals surface area contributed by atoms with Gasteiger partial charge in [0.25, 0.3) is 5.91 Å². The quantitative estimate of drug-likeness (QED) is 0.279. The van der Waals surface area contributed by atoms with Crippen LogP contribution in [0.15, 0.2) is 47.3 Å². The van der Waals surface area contributed by atoms with Gasteiger partial charge >= 0.3 is 11.7 Å². The van der Waals surface area contributed by atoms with Crippen molar-refractivity contribution in [1.82, 2.24) is 30.7 Å². The number of halogens is 4. The molecule has 246 valence electrons. The number of ether oxygens (including phenoxy) is 1. The molecule has 1 aliphatic rings. The molecule has 0 radical (unpaired) electrons. The van der Waals surface area contributed by atoms with Crippen molar-refractivity contribution in [1.29, 1.82) is 0 Å². The third kappa shape index (κ3) is 8.62. The summed E-state index contributed by atoms with van der Waals surface area (Å²) < 4.78 is 43.7. The van der Waals surface area contributed by atoms with E-state index in [-0.39, 0.29) is 17.2 Å². The van der Waals surface area contributed by atoms with Gasteiger partial charge in [0.15, 0.2) is 5.75 Å². The van der Waals surface area contributed by atoms with Crippen molar-refractivity contribution in [3.63, 3.8) is 0 Å². The van der Waals surface area contributed by atoms with Crippen molar-refractivity contribution in [2.75, 3.05) is 0 Å². The zero-order valence-corrected chi connectivity index (χ0v) is 26.3. The number of carbonyl (C=O) groups is 3. The van der Waals surface area contributed by atoms with Gasteiger partial charge in [0.05, 0.1) is 29.9 Å². The number of hydrogen-bond donors (Lipinski definition) is 3. The number of H-pyrrole nitrogens is 1. The Hall–Kier alpha value is -4.46. The fourth-order valence-electron chi connectivity index (χ4n) is 5.38. The number of nitrogens with one attached hydrogen (secondary N) is 3. The normalized spacial score (nSPS) is 17.7. The average Bonchev–Trinajstić information content (AvgIpc) is 3.43. The van der Waals surface area contributed by atoms with Gasteiger partial charge in [0.2, 0.25) is 11.8 Å². The number of aromatic amines is 1. The van der Waals surface area contributed by atoms with Crippen LogP contribution in [-0.2, 0) is 9.59 Å². The molecule has 0 saturated carbocycles. The van der Waals surface area contributed by atoms with Gasteiger partial charge < -0.3 is 20.3 Å². The highest BCUT2D eigenvalue weighted by Gasteiger charge is 2.42. The number of aryl methyl sites for hydroxylation is 2. The molecule has 1 saturated heterocycles. The molecule has 15 heteroatoms. The first kappa shape index (κ1) is 34.4. The summed E-state index contributed by atoms with van der Waals surface area (Å²) in [5.74, 6) is -1.62. The number of nitrogens with zero attached hydrogens (tertiary/aromatic N) is 3. The molecule has 2 aromatic heterocycles. The van der Waals surface area contributed by atoms with Crippen molar-refractivity contribution in [2.45, 2.75) is 83.7 Å². The predicted molar refractivity (Wildman–Crippen MR) is 163 cm³/mol. The molecule has 4 atom stereocenters. The van der Waals surface area contributed by atoms with Crippen LogP contribution in [0.1, 0.15) is 73.0 Å². The Balaban J connectivity index is 1.50. The predicted octanol–water partition coefficient (Wildman–Crippen LogP) is 4.93. The molecule has 3 N–H and O–H groups in total. The fourth-order valence-corrected chi connectivity index (χ4v) is 5.58. The zero-order chi connectivity index (χ0) is 33.8. The smallest absolute Gasteiger partial charge is 0.389 e. The summed E-state index contributed by atoms with van der Waals surface area (Å²) in [5, 5.41) is 11.9. The molecule has 3 heterocycles. The standard InChI is InChI=1S/C31H34ClF3N6O5/c1-16-14-26(29(44)40-39-16)46-25-11-8-22(36-18(25)3)28(43)38-19(4)30(45)41-23(17(2)37-27(42)12-13-31(33,34)35)9-10-24(41)20-6-5-7-21(32)15-20/h5-8,11,14-15,17,19,23-24H,9-10,12-13H2,1-4H3,(H,37,42)(H,38,43)(H,40,44)/t17?,19?,23-,24+/m1/s1. The number of rotatable bonds is 10. The number of carbonyl (C=O) groups excluding carboxylic acids is 3. The van der Waals surface area contributed by atoms with Crippen molar-refractivity contribution < 1.29 is 32.3 Å². The van der Waals surface area contributed by atoms with E-state index >= 15 is 0 Å². The molecule has 2 unspecified atom stereocenters. The fraction of sp³-hybridized carbons (Fsp3) is 0.419. The molecular weight excluding hydrogens is 629 g/mol. The van der Waals surface area contributed by atoms with Gasteiger partial charge in [-0.3, -0.25) is 19.2 Å². The molecule has 0 aliphatic carbocycles. The van der Waals surface area contributed by atoms with Crippen LogP contribution in [0.2, 0.25) is 5.02 Å². The van der Waals surface area contributed by atoms with E-state index in [2.05, 4.69) is 25.8 Å². The van der Waals surface area contributed by atoms with Gasteiger partial charge in [-0.2, -0.15) is 18.3 Å². The van der Waals surface area contributed by atoms with Crippen molar-refractivity contribution in [3.05, 3.63) is 80.5 Å². The summed E-state index contributed by atoms with van der Waals surface area (Å²) in [6, 6.07) is 8.56. The van der Waals surface area contributed by atoms with Crippen LogP contribution >= 0.6 is 11.6 Å². The summed E-state index contributed by atoms with van der Waals surface area (Å²) in [5.41, 5.74) is 1.06. The molecule has 3 amide bonds. The second kappa shape index (κ2) is 14.3. The van der Waals surface area contributed by atoms with Gasteiger partial charge in [0.1, 0.15) is 17.5 Å². The number of pyridine rings is 1. The van der Waals surface area contributed by atoms with Crippen molar-refractivity contribution in [3.8, 4) is 11.5 Å². The lowest BCUT2D eigenvalue weighted by Crippen LogP contribution is -2.54. The first-order valence-corrected chi connectivity index (χ1v) is 15.0. The number of hydrogen-bond acceptors (Lipinski definition) is 7. The average molecular weight is 663 g/mol. The summed E-state index contributed by atoms with van der Waals surface area (Å²) in [4.78, 5) is 57.4. The van der Waals surface area contributed by atoms with E-state index in [0.717, 1.165) is 5.56 Å². The minimum Gasteiger partial charge on any atom is -0.450 e. The number of amides is 3. The van der Waals surface area contributed by atoms with Crippen LogP contribution in [0.3, 0.4) is 0 Å².